The van der Waals surface area contributed by atoms with Crippen molar-refractivity contribution in [3.8, 4) is 0 Å². The number of ether oxygens (including phenoxy) is 1. The summed E-state index contributed by atoms with van der Waals surface area (Å²) in [5.74, 6) is -2.13. The van der Waals surface area contributed by atoms with Crippen LogP contribution in [0.5, 0.6) is 0 Å². The zero-order valence-corrected chi connectivity index (χ0v) is 11.5. The van der Waals surface area contributed by atoms with Gasteiger partial charge in [0.15, 0.2) is 6.29 Å². The van der Waals surface area contributed by atoms with E-state index in [0.717, 1.165) is 6.08 Å². The molecular weight excluding hydrogens is 294 g/mol. The first-order valence-electron chi connectivity index (χ1n) is 5.78. The van der Waals surface area contributed by atoms with Crippen molar-refractivity contribution < 1.29 is 34.8 Å². The van der Waals surface area contributed by atoms with Crippen molar-refractivity contribution in [1.29, 1.82) is 0 Å². The van der Waals surface area contributed by atoms with E-state index in [-0.39, 0.29) is 12.4 Å². The smallest absolute Gasteiger partial charge is 0.328 e. The molecule has 5 N–H and O–H groups in total. The summed E-state index contributed by atoms with van der Waals surface area (Å²) in [5, 5.41) is 39.7. The van der Waals surface area contributed by atoms with Crippen molar-refractivity contribution in [2.45, 2.75) is 44.0 Å². The van der Waals surface area contributed by atoms with Gasteiger partial charge in [0.05, 0.1) is 6.10 Å². The second-order valence-corrected chi connectivity index (χ2v) is 4.16. The van der Waals surface area contributed by atoms with Crippen molar-refractivity contribution >= 4 is 24.3 Å². The SMILES string of the molecule is CCC1OC(O)C(NC(=O)/C=C\C(=O)O)C(O)C1O.Cl. The van der Waals surface area contributed by atoms with E-state index in [2.05, 4.69) is 5.32 Å². The third-order valence-corrected chi connectivity index (χ3v) is 2.81. The van der Waals surface area contributed by atoms with Crippen LogP contribution < -0.4 is 5.32 Å². The van der Waals surface area contributed by atoms with Crippen LogP contribution in [0.2, 0.25) is 0 Å². The average molecular weight is 312 g/mol. The minimum Gasteiger partial charge on any atom is -0.478 e. The fourth-order valence-corrected chi connectivity index (χ4v) is 1.80. The summed E-state index contributed by atoms with van der Waals surface area (Å²) < 4.78 is 5.05. The summed E-state index contributed by atoms with van der Waals surface area (Å²) in [5.41, 5.74) is 0. The Morgan fingerprint density at radius 3 is 2.30 bits per heavy atom. The van der Waals surface area contributed by atoms with Gasteiger partial charge < -0.3 is 30.5 Å². The zero-order chi connectivity index (χ0) is 14.6. The summed E-state index contributed by atoms with van der Waals surface area (Å²) in [6.07, 6.45) is -3.13. The molecule has 8 nitrogen and oxygen atoms in total. The molecule has 0 saturated carbocycles. The summed E-state index contributed by atoms with van der Waals surface area (Å²) >= 11 is 0. The van der Waals surface area contributed by atoms with Crippen LogP contribution in [0.4, 0.5) is 0 Å². The molecule has 1 amide bonds. The fourth-order valence-electron chi connectivity index (χ4n) is 1.80. The molecule has 1 heterocycles. The first kappa shape index (κ1) is 18.8. The quantitative estimate of drug-likeness (QED) is 0.394. The molecule has 0 aromatic rings. The number of nitrogens with one attached hydrogen (secondary N) is 1. The molecular formula is C11H18ClNO7. The molecule has 20 heavy (non-hydrogen) atoms. The number of aliphatic carboxylic acids is 1. The van der Waals surface area contributed by atoms with E-state index < -0.39 is 42.5 Å². The predicted octanol–water partition coefficient (Wildman–Crippen LogP) is -1.62. The van der Waals surface area contributed by atoms with Crippen molar-refractivity contribution in [1.82, 2.24) is 5.32 Å². The number of carboxylic acid groups (broad SMARTS) is 1. The first-order chi connectivity index (χ1) is 8.86. The second-order valence-electron chi connectivity index (χ2n) is 4.16. The van der Waals surface area contributed by atoms with Crippen LogP contribution in [0.3, 0.4) is 0 Å². The molecule has 1 aliphatic rings. The number of aliphatic hydroxyl groups is 3. The van der Waals surface area contributed by atoms with E-state index in [4.69, 9.17) is 9.84 Å². The normalized spacial score (nSPS) is 33.5. The number of carbonyl (C=O) groups is 2. The van der Waals surface area contributed by atoms with Gasteiger partial charge in [0.1, 0.15) is 18.2 Å². The molecule has 9 heteroatoms. The monoisotopic (exact) mass is 311 g/mol. The highest BCUT2D eigenvalue weighted by molar-refractivity contribution is 5.94. The third kappa shape index (κ3) is 4.73. The lowest BCUT2D eigenvalue weighted by Gasteiger charge is -2.40. The number of carboxylic acids is 1. The number of amides is 1. The van der Waals surface area contributed by atoms with Crippen molar-refractivity contribution in [3.63, 3.8) is 0 Å². The molecule has 1 aliphatic heterocycles. The topological polar surface area (TPSA) is 136 Å². The highest BCUT2D eigenvalue weighted by atomic mass is 35.5. The van der Waals surface area contributed by atoms with Gasteiger partial charge in [-0.3, -0.25) is 4.79 Å². The summed E-state index contributed by atoms with van der Waals surface area (Å²) in [4.78, 5) is 21.6. The molecule has 1 fully saturated rings. The molecule has 0 bridgehead atoms. The lowest BCUT2D eigenvalue weighted by atomic mass is 9.95. The highest BCUT2D eigenvalue weighted by Gasteiger charge is 2.43. The summed E-state index contributed by atoms with van der Waals surface area (Å²) in [6, 6.07) is -1.23. The molecule has 0 radical (unpaired) electrons. The largest absolute Gasteiger partial charge is 0.478 e. The molecule has 0 aliphatic carbocycles. The molecule has 1 saturated heterocycles. The zero-order valence-electron chi connectivity index (χ0n) is 10.7. The van der Waals surface area contributed by atoms with Gasteiger partial charge in [-0.25, -0.2) is 4.79 Å². The molecule has 116 valence electrons. The molecule has 1 rings (SSSR count). The maximum absolute atomic E-state index is 11.3. The van der Waals surface area contributed by atoms with Crippen molar-refractivity contribution in [3.05, 3.63) is 12.2 Å². The summed E-state index contributed by atoms with van der Waals surface area (Å²) in [7, 11) is 0. The molecule has 0 aromatic carbocycles. The van der Waals surface area contributed by atoms with E-state index >= 15 is 0 Å². The Kier molecular flexibility index (Phi) is 7.69. The first-order valence-corrected chi connectivity index (χ1v) is 5.78. The van der Waals surface area contributed by atoms with Crippen LogP contribution >= 0.6 is 12.4 Å². The fraction of sp³-hybridized carbons (Fsp3) is 0.636. The van der Waals surface area contributed by atoms with E-state index in [1.165, 1.54) is 0 Å². The number of carbonyl (C=O) groups excluding carboxylic acids is 1. The van der Waals surface area contributed by atoms with Crippen LogP contribution in [-0.4, -0.2) is 62.9 Å². The van der Waals surface area contributed by atoms with Gasteiger partial charge in [-0.1, -0.05) is 6.92 Å². The van der Waals surface area contributed by atoms with E-state index in [9.17, 15) is 24.9 Å². The van der Waals surface area contributed by atoms with Crippen LogP contribution in [0.1, 0.15) is 13.3 Å². The van der Waals surface area contributed by atoms with Gasteiger partial charge in [-0.05, 0) is 6.42 Å². The number of hydrogen-bond donors (Lipinski definition) is 5. The lowest BCUT2D eigenvalue weighted by molar-refractivity contribution is -0.247. The van der Waals surface area contributed by atoms with Crippen LogP contribution in [0, 0.1) is 0 Å². The average Bonchev–Trinajstić information content (AvgIpc) is 2.36. The number of rotatable bonds is 4. The minimum atomic E-state index is -1.48. The molecule has 5 unspecified atom stereocenters. The third-order valence-electron chi connectivity index (χ3n) is 2.81. The Bertz CT molecular complexity index is 376. The Morgan fingerprint density at radius 1 is 1.20 bits per heavy atom. The number of halogens is 1. The Labute approximate surface area is 121 Å². The van der Waals surface area contributed by atoms with E-state index in [1.54, 1.807) is 6.92 Å². The Balaban J connectivity index is 0.00000361. The van der Waals surface area contributed by atoms with Gasteiger partial charge in [0, 0.05) is 12.2 Å². The van der Waals surface area contributed by atoms with Gasteiger partial charge in [-0.2, -0.15) is 0 Å². The van der Waals surface area contributed by atoms with Crippen molar-refractivity contribution in [2.75, 3.05) is 0 Å². The van der Waals surface area contributed by atoms with Gasteiger partial charge in [0.2, 0.25) is 5.91 Å². The Hall–Kier alpha value is -1.19. The van der Waals surface area contributed by atoms with Gasteiger partial charge in [0.25, 0.3) is 0 Å². The second kappa shape index (κ2) is 8.18. The van der Waals surface area contributed by atoms with Gasteiger partial charge in [-0.15, -0.1) is 12.4 Å². The predicted molar refractivity (Wildman–Crippen MR) is 69.1 cm³/mol. The molecule has 5 atom stereocenters. The van der Waals surface area contributed by atoms with Crippen molar-refractivity contribution in [2.24, 2.45) is 0 Å². The maximum Gasteiger partial charge on any atom is 0.328 e. The number of aliphatic hydroxyl groups excluding tert-OH is 3. The lowest BCUT2D eigenvalue weighted by Crippen LogP contribution is -2.63. The van der Waals surface area contributed by atoms with Crippen LogP contribution in [0.15, 0.2) is 12.2 Å². The Morgan fingerprint density at radius 2 is 1.80 bits per heavy atom. The van der Waals surface area contributed by atoms with E-state index in [1.807, 2.05) is 0 Å². The molecule has 0 aromatic heterocycles. The van der Waals surface area contributed by atoms with E-state index in [0.29, 0.717) is 12.5 Å². The maximum atomic E-state index is 11.3. The highest BCUT2D eigenvalue weighted by Crippen LogP contribution is 2.21. The minimum absolute atomic E-state index is 0. The molecule has 0 spiro atoms. The van der Waals surface area contributed by atoms with Crippen LogP contribution in [-0.2, 0) is 14.3 Å². The summed E-state index contributed by atoms with van der Waals surface area (Å²) in [6.45, 7) is 1.71. The standard InChI is InChI=1S/C11H17NO7.ClH/c1-2-5-9(16)10(17)8(11(18)19-5)12-6(13)3-4-7(14)15;/h3-5,8-11,16-18H,2H2,1H3,(H,12,13)(H,14,15);1H/b4-3-;. The van der Waals surface area contributed by atoms with Gasteiger partial charge >= 0.3 is 5.97 Å². The van der Waals surface area contributed by atoms with Crippen LogP contribution in [0.25, 0.3) is 0 Å². The number of hydrogen-bond acceptors (Lipinski definition) is 6.